The van der Waals surface area contributed by atoms with E-state index in [4.69, 9.17) is 0 Å². The summed E-state index contributed by atoms with van der Waals surface area (Å²) in [7, 11) is -3.60. The Morgan fingerprint density at radius 1 is 1.07 bits per heavy atom. The van der Waals surface area contributed by atoms with Gasteiger partial charge in [-0.25, -0.2) is 18.1 Å². The highest BCUT2D eigenvalue weighted by Gasteiger charge is 2.13. The van der Waals surface area contributed by atoms with Gasteiger partial charge in [0, 0.05) is 25.2 Å². The van der Waals surface area contributed by atoms with Crippen molar-refractivity contribution in [2.24, 2.45) is 4.99 Å². The first-order chi connectivity index (χ1) is 14.3. The fourth-order valence-corrected chi connectivity index (χ4v) is 3.55. The van der Waals surface area contributed by atoms with Gasteiger partial charge in [-0.3, -0.25) is 0 Å². The van der Waals surface area contributed by atoms with Crippen LogP contribution >= 0.6 is 0 Å². The van der Waals surface area contributed by atoms with Crippen LogP contribution in [0.5, 0.6) is 5.75 Å². The lowest BCUT2D eigenvalue weighted by Gasteiger charge is -2.13. The molecule has 0 aliphatic carbocycles. The Labute approximate surface area is 175 Å². The van der Waals surface area contributed by atoms with Crippen LogP contribution in [-0.4, -0.2) is 40.6 Å². The molecule has 0 aromatic heterocycles. The largest absolute Gasteiger partial charge is 0.434 e. The van der Waals surface area contributed by atoms with Gasteiger partial charge >= 0.3 is 6.61 Å². The number of halogens is 2. The van der Waals surface area contributed by atoms with Gasteiger partial charge in [-0.2, -0.15) is 8.78 Å². The van der Waals surface area contributed by atoms with Crippen molar-refractivity contribution in [2.45, 2.75) is 31.9 Å². The van der Waals surface area contributed by atoms with Gasteiger partial charge < -0.3 is 15.4 Å². The van der Waals surface area contributed by atoms with Crippen molar-refractivity contribution < 1.29 is 21.9 Å². The summed E-state index contributed by atoms with van der Waals surface area (Å²) in [5.41, 5.74) is 1.48. The minimum atomic E-state index is -3.60. The summed E-state index contributed by atoms with van der Waals surface area (Å²) >= 11 is 0. The van der Waals surface area contributed by atoms with Crippen LogP contribution in [0.1, 0.15) is 18.1 Å². The zero-order valence-electron chi connectivity index (χ0n) is 16.9. The molecule has 0 unspecified atom stereocenters. The normalized spacial score (nSPS) is 12.1. The van der Waals surface area contributed by atoms with Crippen LogP contribution in [0.2, 0.25) is 0 Å². The number of para-hydroxylation sites is 1. The topological polar surface area (TPSA) is 91.8 Å². The molecule has 0 bridgehead atoms. The Hall–Kier alpha value is -2.72. The summed E-state index contributed by atoms with van der Waals surface area (Å²) in [4.78, 5) is 4.54. The molecule has 0 aliphatic heterocycles. The number of guanidine groups is 1. The molecule has 0 radical (unpaired) electrons. The first-order valence-electron chi connectivity index (χ1n) is 9.43. The predicted octanol–water partition coefficient (Wildman–Crippen LogP) is 2.63. The van der Waals surface area contributed by atoms with Crippen molar-refractivity contribution in [3.63, 3.8) is 0 Å². The maximum Gasteiger partial charge on any atom is 0.387 e. The van der Waals surface area contributed by atoms with Crippen molar-refractivity contribution in [3.8, 4) is 5.75 Å². The van der Waals surface area contributed by atoms with E-state index in [9.17, 15) is 17.2 Å². The Balaban J connectivity index is 1.92. The molecule has 2 rings (SSSR count). The quantitative estimate of drug-likeness (QED) is 0.300. The summed E-state index contributed by atoms with van der Waals surface area (Å²) in [6, 6.07) is 13.0. The molecule has 10 heteroatoms. The van der Waals surface area contributed by atoms with Gasteiger partial charge in [0.1, 0.15) is 5.75 Å². The summed E-state index contributed by atoms with van der Waals surface area (Å²) in [5, 5.41) is 6.03. The average Bonchev–Trinajstić information content (AvgIpc) is 2.70. The van der Waals surface area contributed by atoms with Crippen LogP contribution in [0.3, 0.4) is 0 Å². The van der Waals surface area contributed by atoms with Crippen LogP contribution < -0.4 is 20.1 Å². The lowest BCUT2D eigenvalue weighted by atomic mass is 10.2. The summed E-state index contributed by atoms with van der Waals surface area (Å²) in [6.07, 6.45) is 0. The van der Waals surface area contributed by atoms with Crippen LogP contribution in [0, 0.1) is 6.92 Å². The zero-order valence-corrected chi connectivity index (χ0v) is 17.7. The van der Waals surface area contributed by atoms with Crippen molar-refractivity contribution in [1.82, 2.24) is 15.4 Å². The van der Waals surface area contributed by atoms with Crippen LogP contribution in [0.25, 0.3) is 0 Å². The average molecular weight is 441 g/mol. The molecule has 0 heterocycles. The lowest BCUT2D eigenvalue weighted by Crippen LogP contribution is -2.41. The van der Waals surface area contributed by atoms with Gasteiger partial charge in [0.25, 0.3) is 0 Å². The van der Waals surface area contributed by atoms with Crippen molar-refractivity contribution in [1.29, 1.82) is 0 Å². The van der Waals surface area contributed by atoms with Gasteiger partial charge in [0.05, 0.1) is 11.4 Å². The maximum atomic E-state index is 12.5. The van der Waals surface area contributed by atoms with E-state index in [0.717, 1.165) is 5.56 Å². The number of hydrogen-bond donors (Lipinski definition) is 3. The first-order valence-corrected chi connectivity index (χ1v) is 10.9. The predicted molar refractivity (Wildman–Crippen MR) is 112 cm³/mol. The second-order valence-corrected chi connectivity index (χ2v) is 8.09. The highest BCUT2D eigenvalue weighted by Crippen LogP contribution is 2.20. The van der Waals surface area contributed by atoms with E-state index in [0.29, 0.717) is 18.1 Å². The van der Waals surface area contributed by atoms with Crippen LogP contribution in [-0.2, 0) is 16.6 Å². The molecule has 0 spiro atoms. The number of aryl methyl sites for hydroxylation is 1. The second kappa shape index (κ2) is 11.5. The van der Waals surface area contributed by atoms with Gasteiger partial charge in [-0.15, -0.1) is 0 Å². The number of ether oxygens (including phenoxy) is 1. The molecule has 30 heavy (non-hydrogen) atoms. The minimum absolute atomic E-state index is 0.0676. The molecule has 7 nitrogen and oxygen atoms in total. The summed E-state index contributed by atoms with van der Waals surface area (Å²) in [5.74, 6) is 0.497. The third kappa shape index (κ3) is 7.60. The van der Waals surface area contributed by atoms with Crippen LogP contribution in [0.15, 0.2) is 58.4 Å². The summed E-state index contributed by atoms with van der Waals surface area (Å²) < 4.78 is 56.7. The lowest BCUT2D eigenvalue weighted by molar-refractivity contribution is -0.0504. The standard InChI is InChI=1S/C20H26F2N4O3S/c1-3-23-20(25-14-16-6-4-5-7-18(16)29-19(21)22)24-12-13-26-30(27,28)17-10-8-15(2)9-11-17/h4-11,19,26H,3,12-14H2,1-2H3,(H2,23,24,25). The molecule has 0 saturated heterocycles. The molecule has 2 aromatic rings. The molecule has 0 fully saturated rings. The number of alkyl halides is 2. The molecular weight excluding hydrogens is 414 g/mol. The third-order valence-corrected chi connectivity index (χ3v) is 5.46. The van der Waals surface area contributed by atoms with Crippen molar-refractivity contribution in [2.75, 3.05) is 19.6 Å². The Bertz CT molecular complexity index is 935. The molecule has 0 amide bonds. The van der Waals surface area contributed by atoms with Gasteiger partial charge in [0.2, 0.25) is 10.0 Å². The molecule has 2 aromatic carbocycles. The third-order valence-electron chi connectivity index (χ3n) is 3.98. The number of rotatable bonds is 10. The Morgan fingerprint density at radius 3 is 2.43 bits per heavy atom. The molecular formula is C20H26F2N4O3S. The number of hydrogen-bond acceptors (Lipinski definition) is 4. The summed E-state index contributed by atoms with van der Waals surface area (Å²) in [6.45, 7) is 1.97. The van der Waals surface area contributed by atoms with Crippen molar-refractivity contribution >= 4 is 16.0 Å². The SMILES string of the molecule is CCNC(=NCc1ccccc1OC(F)F)NCCNS(=O)(=O)c1ccc(C)cc1. The van der Waals surface area contributed by atoms with E-state index in [1.807, 2.05) is 13.8 Å². The fraction of sp³-hybridized carbons (Fsp3) is 0.350. The number of nitrogens with zero attached hydrogens (tertiary/aromatic N) is 1. The van der Waals surface area contributed by atoms with Gasteiger partial charge in [0.15, 0.2) is 5.96 Å². The monoisotopic (exact) mass is 440 g/mol. The Morgan fingerprint density at radius 2 is 1.77 bits per heavy atom. The molecule has 0 aliphatic rings. The minimum Gasteiger partial charge on any atom is -0.434 e. The van der Waals surface area contributed by atoms with E-state index in [2.05, 4.69) is 25.1 Å². The van der Waals surface area contributed by atoms with E-state index in [1.165, 1.54) is 6.07 Å². The number of sulfonamides is 1. The van der Waals surface area contributed by atoms with E-state index in [-0.39, 0.29) is 30.3 Å². The van der Waals surface area contributed by atoms with E-state index >= 15 is 0 Å². The fourth-order valence-electron chi connectivity index (χ4n) is 2.52. The number of nitrogens with one attached hydrogen (secondary N) is 3. The highest BCUT2D eigenvalue weighted by atomic mass is 32.2. The highest BCUT2D eigenvalue weighted by molar-refractivity contribution is 7.89. The van der Waals surface area contributed by atoms with Gasteiger partial charge in [-0.1, -0.05) is 35.9 Å². The number of aliphatic imine (C=N–C) groups is 1. The molecule has 0 atom stereocenters. The van der Waals surface area contributed by atoms with Crippen molar-refractivity contribution in [3.05, 3.63) is 59.7 Å². The van der Waals surface area contributed by atoms with E-state index in [1.54, 1.807) is 42.5 Å². The maximum absolute atomic E-state index is 12.5. The molecule has 0 saturated carbocycles. The molecule has 164 valence electrons. The zero-order chi connectivity index (χ0) is 22.0. The van der Waals surface area contributed by atoms with Crippen LogP contribution in [0.4, 0.5) is 8.78 Å². The van der Waals surface area contributed by atoms with E-state index < -0.39 is 16.6 Å². The smallest absolute Gasteiger partial charge is 0.387 e. The second-order valence-electron chi connectivity index (χ2n) is 6.32. The number of benzene rings is 2. The Kier molecular flexibility index (Phi) is 9.00. The van der Waals surface area contributed by atoms with Gasteiger partial charge in [-0.05, 0) is 32.0 Å². The molecule has 3 N–H and O–H groups in total. The first kappa shape index (κ1) is 23.6.